The highest BCUT2D eigenvalue weighted by Crippen LogP contribution is 2.19. The van der Waals surface area contributed by atoms with Crippen LogP contribution in [0.15, 0.2) is 30.5 Å². The number of aromatic amines is 1. The number of H-pyrrole nitrogens is 1. The van der Waals surface area contributed by atoms with Crippen LogP contribution in [-0.2, 0) is 4.74 Å². The van der Waals surface area contributed by atoms with Crippen molar-refractivity contribution in [1.29, 1.82) is 0 Å². The van der Waals surface area contributed by atoms with Crippen LogP contribution in [0.5, 0.6) is 5.75 Å². The number of benzene rings is 1. The van der Waals surface area contributed by atoms with Crippen molar-refractivity contribution in [3.8, 4) is 5.75 Å². The Morgan fingerprint density at radius 3 is 3.22 bits per heavy atom. The SMILES string of the molecule is c1cc2ccc(OCC[C@@H]3CNCCO3)cc2[nH]1. The highest BCUT2D eigenvalue weighted by molar-refractivity contribution is 5.80. The van der Waals surface area contributed by atoms with Crippen molar-refractivity contribution in [3.05, 3.63) is 30.5 Å². The van der Waals surface area contributed by atoms with Crippen molar-refractivity contribution in [2.24, 2.45) is 0 Å². The highest BCUT2D eigenvalue weighted by atomic mass is 16.5. The number of morpholine rings is 1. The van der Waals surface area contributed by atoms with Gasteiger partial charge in [-0.25, -0.2) is 0 Å². The van der Waals surface area contributed by atoms with Gasteiger partial charge in [0.25, 0.3) is 0 Å². The molecular weight excluding hydrogens is 228 g/mol. The molecule has 0 aliphatic carbocycles. The molecule has 18 heavy (non-hydrogen) atoms. The Bertz CT molecular complexity index is 503. The standard InChI is InChI=1S/C14H18N2O2/c1-2-12(9-14-11(1)3-5-16-14)17-7-4-13-10-15-6-8-18-13/h1-3,5,9,13,15-16H,4,6-8,10H2/t13-/m1/s1. The van der Waals surface area contributed by atoms with Gasteiger partial charge in [-0.3, -0.25) is 0 Å². The second-order valence-electron chi connectivity index (χ2n) is 4.56. The van der Waals surface area contributed by atoms with Gasteiger partial charge in [0.2, 0.25) is 0 Å². The summed E-state index contributed by atoms with van der Waals surface area (Å²) >= 11 is 0. The lowest BCUT2D eigenvalue weighted by molar-refractivity contribution is 0.0159. The van der Waals surface area contributed by atoms with Crippen LogP contribution < -0.4 is 10.1 Å². The average Bonchev–Trinajstić information content (AvgIpc) is 2.87. The minimum Gasteiger partial charge on any atom is -0.493 e. The number of nitrogens with one attached hydrogen (secondary N) is 2. The van der Waals surface area contributed by atoms with E-state index >= 15 is 0 Å². The fourth-order valence-electron chi connectivity index (χ4n) is 2.23. The first-order valence-corrected chi connectivity index (χ1v) is 6.44. The normalized spacial score (nSPS) is 20.1. The summed E-state index contributed by atoms with van der Waals surface area (Å²) < 4.78 is 11.4. The van der Waals surface area contributed by atoms with E-state index in [1.165, 1.54) is 5.39 Å². The van der Waals surface area contributed by atoms with Crippen molar-refractivity contribution in [2.75, 3.05) is 26.3 Å². The lowest BCUT2D eigenvalue weighted by Crippen LogP contribution is -2.39. The van der Waals surface area contributed by atoms with Crippen molar-refractivity contribution >= 4 is 10.9 Å². The lowest BCUT2D eigenvalue weighted by Gasteiger charge is -2.23. The molecule has 4 heteroatoms. The summed E-state index contributed by atoms with van der Waals surface area (Å²) in [5.74, 6) is 0.911. The molecule has 0 radical (unpaired) electrons. The predicted molar refractivity (Wildman–Crippen MR) is 71.0 cm³/mol. The summed E-state index contributed by atoms with van der Waals surface area (Å²) in [5.41, 5.74) is 1.11. The van der Waals surface area contributed by atoms with Gasteiger partial charge in [-0.05, 0) is 23.6 Å². The summed E-state index contributed by atoms with van der Waals surface area (Å²) in [6.07, 6.45) is 3.15. The first-order valence-electron chi connectivity index (χ1n) is 6.44. The lowest BCUT2D eigenvalue weighted by atomic mass is 10.2. The molecule has 0 bridgehead atoms. The molecule has 1 aromatic carbocycles. The fourth-order valence-corrected chi connectivity index (χ4v) is 2.23. The van der Waals surface area contributed by atoms with Crippen molar-refractivity contribution < 1.29 is 9.47 Å². The third-order valence-corrected chi connectivity index (χ3v) is 3.24. The van der Waals surface area contributed by atoms with Crippen LogP contribution in [-0.4, -0.2) is 37.4 Å². The van der Waals surface area contributed by atoms with Crippen LogP contribution in [0.1, 0.15) is 6.42 Å². The van der Waals surface area contributed by atoms with Gasteiger partial charge >= 0.3 is 0 Å². The van der Waals surface area contributed by atoms with E-state index in [-0.39, 0.29) is 6.10 Å². The minimum absolute atomic E-state index is 0.285. The zero-order chi connectivity index (χ0) is 12.2. The summed E-state index contributed by atoms with van der Waals surface area (Å²) in [4.78, 5) is 3.19. The van der Waals surface area contributed by atoms with Crippen LogP contribution in [0.4, 0.5) is 0 Å². The van der Waals surface area contributed by atoms with Gasteiger partial charge in [0.1, 0.15) is 5.75 Å². The summed E-state index contributed by atoms with van der Waals surface area (Å²) in [5, 5.41) is 4.53. The number of fused-ring (bicyclic) bond motifs is 1. The van der Waals surface area contributed by atoms with E-state index in [1.807, 2.05) is 18.3 Å². The molecule has 0 saturated carbocycles. The van der Waals surface area contributed by atoms with Crippen LogP contribution in [0.3, 0.4) is 0 Å². The van der Waals surface area contributed by atoms with Crippen molar-refractivity contribution in [3.63, 3.8) is 0 Å². The van der Waals surface area contributed by atoms with Gasteiger partial charge in [0.05, 0.1) is 19.3 Å². The molecule has 0 unspecified atom stereocenters. The first kappa shape index (κ1) is 11.6. The molecule has 1 atom stereocenters. The number of hydrogen-bond acceptors (Lipinski definition) is 3. The summed E-state index contributed by atoms with van der Waals surface area (Å²) in [7, 11) is 0. The maximum Gasteiger partial charge on any atom is 0.121 e. The Balaban J connectivity index is 1.52. The fraction of sp³-hybridized carbons (Fsp3) is 0.429. The molecule has 4 nitrogen and oxygen atoms in total. The van der Waals surface area contributed by atoms with Gasteiger partial charge in [0, 0.05) is 37.3 Å². The van der Waals surface area contributed by atoms with E-state index in [4.69, 9.17) is 9.47 Å². The molecule has 1 fully saturated rings. The van der Waals surface area contributed by atoms with Gasteiger partial charge < -0.3 is 19.8 Å². The Morgan fingerprint density at radius 2 is 2.33 bits per heavy atom. The third-order valence-electron chi connectivity index (χ3n) is 3.24. The summed E-state index contributed by atoms with van der Waals surface area (Å²) in [6.45, 7) is 3.39. The van der Waals surface area contributed by atoms with Crippen LogP contribution in [0.2, 0.25) is 0 Å². The third kappa shape index (κ3) is 2.66. The Morgan fingerprint density at radius 1 is 1.33 bits per heavy atom. The topological polar surface area (TPSA) is 46.3 Å². The maximum absolute atomic E-state index is 5.76. The summed E-state index contributed by atoms with van der Waals surface area (Å²) in [6, 6.07) is 8.17. The Labute approximate surface area is 106 Å². The molecule has 0 spiro atoms. The molecule has 1 aliphatic rings. The van der Waals surface area contributed by atoms with Gasteiger partial charge in [0.15, 0.2) is 0 Å². The minimum atomic E-state index is 0.285. The van der Waals surface area contributed by atoms with E-state index in [0.29, 0.717) is 6.61 Å². The zero-order valence-electron chi connectivity index (χ0n) is 10.3. The smallest absolute Gasteiger partial charge is 0.121 e. The number of aromatic nitrogens is 1. The van der Waals surface area contributed by atoms with Crippen LogP contribution in [0.25, 0.3) is 10.9 Å². The van der Waals surface area contributed by atoms with Gasteiger partial charge in [-0.2, -0.15) is 0 Å². The van der Waals surface area contributed by atoms with E-state index in [1.54, 1.807) is 0 Å². The average molecular weight is 246 g/mol. The first-order chi connectivity index (χ1) is 8.92. The Hall–Kier alpha value is -1.52. The molecule has 0 amide bonds. The predicted octanol–water partition coefficient (Wildman–Crippen LogP) is 1.93. The monoisotopic (exact) mass is 246 g/mol. The number of rotatable bonds is 4. The van der Waals surface area contributed by atoms with E-state index < -0.39 is 0 Å². The molecular formula is C14H18N2O2. The largest absolute Gasteiger partial charge is 0.493 e. The van der Waals surface area contributed by atoms with Gasteiger partial charge in [-0.15, -0.1) is 0 Å². The maximum atomic E-state index is 5.76. The number of hydrogen-bond donors (Lipinski definition) is 2. The van der Waals surface area contributed by atoms with Gasteiger partial charge in [-0.1, -0.05) is 0 Å². The number of ether oxygens (including phenoxy) is 2. The second kappa shape index (κ2) is 5.42. The van der Waals surface area contributed by atoms with Crippen LogP contribution >= 0.6 is 0 Å². The molecule has 1 saturated heterocycles. The van der Waals surface area contributed by atoms with Crippen LogP contribution in [0, 0.1) is 0 Å². The Kier molecular flexibility index (Phi) is 3.48. The second-order valence-corrected chi connectivity index (χ2v) is 4.56. The molecule has 1 aromatic heterocycles. The molecule has 2 aromatic rings. The molecule has 96 valence electrons. The van der Waals surface area contributed by atoms with E-state index in [2.05, 4.69) is 22.4 Å². The molecule has 2 heterocycles. The molecule has 2 N–H and O–H groups in total. The van der Waals surface area contributed by atoms with Crippen molar-refractivity contribution in [2.45, 2.75) is 12.5 Å². The van der Waals surface area contributed by atoms with E-state index in [9.17, 15) is 0 Å². The molecule has 3 rings (SSSR count). The zero-order valence-corrected chi connectivity index (χ0v) is 10.3. The molecule has 1 aliphatic heterocycles. The quantitative estimate of drug-likeness (QED) is 0.866. The van der Waals surface area contributed by atoms with Crippen molar-refractivity contribution in [1.82, 2.24) is 10.3 Å². The van der Waals surface area contributed by atoms with E-state index in [0.717, 1.165) is 37.4 Å². The highest BCUT2D eigenvalue weighted by Gasteiger charge is 2.12.